The van der Waals surface area contributed by atoms with Crippen LogP contribution < -0.4 is 5.32 Å². The van der Waals surface area contributed by atoms with Gasteiger partial charge in [0.05, 0.1) is 12.8 Å². The first-order valence-electron chi connectivity index (χ1n) is 6.16. The molecule has 0 bridgehead atoms. The molecular weight excluding hydrogens is 290 g/mol. The number of nitrogens with one attached hydrogen (secondary N) is 1. The van der Waals surface area contributed by atoms with E-state index in [1.54, 1.807) is 6.26 Å². The minimum absolute atomic E-state index is 0.427. The predicted octanol–water partition coefficient (Wildman–Crippen LogP) is 4.07. The summed E-state index contributed by atoms with van der Waals surface area (Å²) in [6, 6.07) is 10.9. The number of hydrogen-bond donors (Lipinski definition) is 1. The lowest BCUT2D eigenvalue weighted by Crippen LogP contribution is -2.27. The molecule has 0 aliphatic carbocycles. The Hall–Kier alpha value is -1.06. The maximum absolute atomic E-state index is 5.41. The standard InChI is InChI=1S/C15H18BrNO/c1-11-7-8-18-15(11)10-17-12(2)9-13-3-5-14(16)6-4-13/h3-8,12,17H,9-10H2,1-2H3. The van der Waals surface area contributed by atoms with Crippen LogP contribution >= 0.6 is 15.9 Å². The minimum Gasteiger partial charge on any atom is -0.468 e. The fraction of sp³-hybridized carbons (Fsp3) is 0.333. The van der Waals surface area contributed by atoms with Gasteiger partial charge in [0.25, 0.3) is 0 Å². The summed E-state index contributed by atoms with van der Waals surface area (Å²) in [5.41, 5.74) is 2.55. The molecule has 1 aromatic heterocycles. The molecule has 1 unspecified atom stereocenters. The van der Waals surface area contributed by atoms with E-state index < -0.39 is 0 Å². The Morgan fingerprint density at radius 1 is 1.22 bits per heavy atom. The Morgan fingerprint density at radius 3 is 2.56 bits per heavy atom. The Morgan fingerprint density at radius 2 is 1.94 bits per heavy atom. The van der Waals surface area contributed by atoms with Gasteiger partial charge in [-0.25, -0.2) is 0 Å². The van der Waals surface area contributed by atoms with Gasteiger partial charge in [-0.2, -0.15) is 0 Å². The van der Waals surface area contributed by atoms with Crippen molar-refractivity contribution in [2.45, 2.75) is 32.9 Å². The summed E-state index contributed by atoms with van der Waals surface area (Å²) >= 11 is 3.45. The second kappa shape index (κ2) is 6.21. The maximum Gasteiger partial charge on any atom is 0.120 e. The number of aryl methyl sites for hydroxylation is 1. The zero-order valence-electron chi connectivity index (χ0n) is 10.7. The molecule has 0 radical (unpaired) electrons. The topological polar surface area (TPSA) is 25.2 Å². The lowest BCUT2D eigenvalue weighted by Gasteiger charge is -2.13. The molecule has 0 fully saturated rings. The molecule has 0 spiro atoms. The van der Waals surface area contributed by atoms with Crippen molar-refractivity contribution in [1.82, 2.24) is 5.32 Å². The molecule has 1 atom stereocenters. The van der Waals surface area contributed by atoms with Crippen molar-refractivity contribution in [2.24, 2.45) is 0 Å². The summed E-state index contributed by atoms with van der Waals surface area (Å²) in [7, 11) is 0. The van der Waals surface area contributed by atoms with E-state index in [1.807, 2.05) is 6.07 Å². The van der Waals surface area contributed by atoms with Crippen LogP contribution in [0.25, 0.3) is 0 Å². The molecule has 2 rings (SSSR count). The smallest absolute Gasteiger partial charge is 0.120 e. The molecule has 2 nitrogen and oxygen atoms in total. The van der Waals surface area contributed by atoms with Crippen molar-refractivity contribution < 1.29 is 4.42 Å². The van der Waals surface area contributed by atoms with Crippen LogP contribution in [0.5, 0.6) is 0 Å². The number of furan rings is 1. The molecule has 18 heavy (non-hydrogen) atoms. The zero-order valence-corrected chi connectivity index (χ0v) is 12.3. The summed E-state index contributed by atoms with van der Waals surface area (Å²) in [5, 5.41) is 3.48. The highest BCUT2D eigenvalue weighted by atomic mass is 79.9. The Kier molecular flexibility index (Phi) is 4.61. The molecule has 0 amide bonds. The first kappa shape index (κ1) is 13.4. The van der Waals surface area contributed by atoms with Gasteiger partial charge in [-0.3, -0.25) is 0 Å². The Labute approximate surface area is 117 Å². The van der Waals surface area contributed by atoms with Crippen LogP contribution in [-0.2, 0) is 13.0 Å². The molecule has 3 heteroatoms. The third-order valence-corrected chi connectivity index (χ3v) is 3.56. The number of rotatable bonds is 5. The summed E-state index contributed by atoms with van der Waals surface area (Å²) < 4.78 is 6.54. The fourth-order valence-electron chi connectivity index (χ4n) is 1.90. The van der Waals surface area contributed by atoms with Crippen LogP contribution in [0.15, 0.2) is 45.5 Å². The van der Waals surface area contributed by atoms with Gasteiger partial charge in [0, 0.05) is 10.5 Å². The first-order valence-corrected chi connectivity index (χ1v) is 6.95. The monoisotopic (exact) mass is 307 g/mol. The van der Waals surface area contributed by atoms with E-state index in [9.17, 15) is 0 Å². The maximum atomic E-state index is 5.41. The van der Waals surface area contributed by atoms with Crippen molar-refractivity contribution in [3.05, 3.63) is 58.0 Å². The highest BCUT2D eigenvalue weighted by Gasteiger charge is 2.06. The third kappa shape index (κ3) is 3.72. The van der Waals surface area contributed by atoms with Crippen LogP contribution in [0.4, 0.5) is 0 Å². The van der Waals surface area contributed by atoms with Gasteiger partial charge in [-0.05, 0) is 49.6 Å². The van der Waals surface area contributed by atoms with Gasteiger partial charge in [-0.15, -0.1) is 0 Å². The van der Waals surface area contributed by atoms with Crippen molar-refractivity contribution >= 4 is 15.9 Å². The molecule has 0 aliphatic heterocycles. The molecule has 96 valence electrons. The minimum atomic E-state index is 0.427. The SMILES string of the molecule is Cc1ccoc1CNC(C)Cc1ccc(Br)cc1. The summed E-state index contributed by atoms with van der Waals surface area (Å²) in [4.78, 5) is 0. The van der Waals surface area contributed by atoms with Crippen molar-refractivity contribution in [1.29, 1.82) is 0 Å². The zero-order chi connectivity index (χ0) is 13.0. The third-order valence-electron chi connectivity index (χ3n) is 3.03. The molecule has 2 aromatic rings. The molecule has 1 N–H and O–H groups in total. The van der Waals surface area contributed by atoms with Gasteiger partial charge in [0.15, 0.2) is 0 Å². The largest absolute Gasteiger partial charge is 0.468 e. The first-order chi connectivity index (χ1) is 8.65. The van der Waals surface area contributed by atoms with Crippen LogP contribution in [-0.4, -0.2) is 6.04 Å². The van der Waals surface area contributed by atoms with Gasteiger partial charge >= 0.3 is 0 Å². The molecule has 0 saturated heterocycles. The van der Waals surface area contributed by atoms with E-state index in [-0.39, 0.29) is 0 Å². The summed E-state index contributed by atoms with van der Waals surface area (Å²) in [6.45, 7) is 5.05. The van der Waals surface area contributed by atoms with E-state index in [2.05, 4.69) is 59.4 Å². The second-order valence-corrected chi connectivity index (χ2v) is 5.56. The molecular formula is C15H18BrNO. The Bertz CT molecular complexity index is 489. The summed E-state index contributed by atoms with van der Waals surface area (Å²) in [5.74, 6) is 1.03. The van der Waals surface area contributed by atoms with Gasteiger partial charge < -0.3 is 9.73 Å². The van der Waals surface area contributed by atoms with Gasteiger partial charge in [0.2, 0.25) is 0 Å². The van der Waals surface area contributed by atoms with Crippen LogP contribution in [0.1, 0.15) is 23.8 Å². The number of halogens is 1. The number of benzene rings is 1. The Balaban J connectivity index is 1.83. The van der Waals surface area contributed by atoms with E-state index in [0.717, 1.165) is 23.2 Å². The molecule has 1 aromatic carbocycles. The van der Waals surface area contributed by atoms with Gasteiger partial charge in [-0.1, -0.05) is 28.1 Å². The average Bonchev–Trinajstić information content (AvgIpc) is 2.75. The van der Waals surface area contributed by atoms with E-state index in [0.29, 0.717) is 6.04 Å². The second-order valence-electron chi connectivity index (χ2n) is 4.64. The van der Waals surface area contributed by atoms with E-state index >= 15 is 0 Å². The average molecular weight is 308 g/mol. The normalized spacial score (nSPS) is 12.6. The van der Waals surface area contributed by atoms with Crippen molar-refractivity contribution in [3.8, 4) is 0 Å². The van der Waals surface area contributed by atoms with Crippen molar-refractivity contribution in [2.75, 3.05) is 0 Å². The molecule has 1 heterocycles. The molecule has 0 saturated carbocycles. The highest BCUT2D eigenvalue weighted by molar-refractivity contribution is 9.10. The van der Waals surface area contributed by atoms with Crippen LogP contribution in [0.2, 0.25) is 0 Å². The van der Waals surface area contributed by atoms with E-state index in [1.165, 1.54) is 11.1 Å². The van der Waals surface area contributed by atoms with Gasteiger partial charge in [0.1, 0.15) is 5.76 Å². The van der Waals surface area contributed by atoms with E-state index in [4.69, 9.17) is 4.42 Å². The molecule has 0 aliphatic rings. The van der Waals surface area contributed by atoms with Crippen LogP contribution in [0, 0.1) is 6.92 Å². The fourth-order valence-corrected chi connectivity index (χ4v) is 2.16. The highest BCUT2D eigenvalue weighted by Crippen LogP contribution is 2.12. The quantitative estimate of drug-likeness (QED) is 0.900. The summed E-state index contributed by atoms with van der Waals surface area (Å²) in [6.07, 6.45) is 2.76. The van der Waals surface area contributed by atoms with Crippen LogP contribution in [0.3, 0.4) is 0 Å². The number of hydrogen-bond acceptors (Lipinski definition) is 2. The lowest BCUT2D eigenvalue weighted by molar-refractivity contribution is 0.451. The predicted molar refractivity (Wildman–Crippen MR) is 77.6 cm³/mol. The lowest BCUT2D eigenvalue weighted by atomic mass is 10.1. The van der Waals surface area contributed by atoms with Crippen molar-refractivity contribution in [3.63, 3.8) is 0 Å².